The molecule has 2 aromatic rings. The van der Waals surface area contributed by atoms with Gasteiger partial charge in [0.1, 0.15) is 12.7 Å². The molecule has 0 saturated carbocycles. The zero-order valence-corrected chi connectivity index (χ0v) is 17.5. The third-order valence-corrected chi connectivity index (χ3v) is 7.95. The molecule has 0 aromatic heterocycles. The van der Waals surface area contributed by atoms with Crippen LogP contribution in [0.25, 0.3) is 0 Å². The minimum Gasteiger partial charge on any atom is -0.354 e. The second-order valence-electron chi connectivity index (χ2n) is 8.16. The Kier molecular flexibility index (Phi) is 4.58. The molecule has 1 saturated heterocycles. The first-order valence-electron chi connectivity index (χ1n) is 10.2. The third-order valence-electron chi connectivity index (χ3n) is 6.11. The van der Waals surface area contributed by atoms with E-state index >= 15 is 0 Å². The Morgan fingerprint density at radius 1 is 1.00 bits per heavy atom. The predicted molar refractivity (Wildman–Crippen MR) is 113 cm³/mol. The van der Waals surface area contributed by atoms with E-state index < -0.39 is 16.0 Å². The van der Waals surface area contributed by atoms with Crippen molar-refractivity contribution in [3.05, 3.63) is 65.2 Å². The SMILES string of the molecule is O=C(CN1C(=O)c2ccccc2N2C(=O)c3ccccc3[C@@H]12)NC[C@@H]1CCS(=O)(=O)C1. The smallest absolute Gasteiger partial charge is 0.260 e. The summed E-state index contributed by atoms with van der Waals surface area (Å²) in [5.41, 5.74) is 2.10. The van der Waals surface area contributed by atoms with E-state index in [1.807, 2.05) is 0 Å². The van der Waals surface area contributed by atoms with Crippen LogP contribution in [0.2, 0.25) is 0 Å². The van der Waals surface area contributed by atoms with Crippen LogP contribution in [0, 0.1) is 5.92 Å². The molecule has 31 heavy (non-hydrogen) atoms. The molecule has 0 unspecified atom stereocenters. The Morgan fingerprint density at radius 3 is 2.45 bits per heavy atom. The van der Waals surface area contributed by atoms with Crippen molar-refractivity contribution in [2.45, 2.75) is 12.6 Å². The van der Waals surface area contributed by atoms with Crippen LogP contribution in [0.1, 0.15) is 38.9 Å². The molecule has 2 atom stereocenters. The van der Waals surface area contributed by atoms with Crippen molar-refractivity contribution < 1.29 is 22.8 Å². The Balaban J connectivity index is 1.42. The van der Waals surface area contributed by atoms with Crippen LogP contribution >= 0.6 is 0 Å². The molecule has 0 radical (unpaired) electrons. The number of hydrogen-bond donors (Lipinski definition) is 1. The van der Waals surface area contributed by atoms with Crippen LogP contribution in [-0.4, -0.2) is 55.6 Å². The van der Waals surface area contributed by atoms with Crippen molar-refractivity contribution in [2.24, 2.45) is 5.92 Å². The first kappa shape index (κ1) is 19.7. The van der Waals surface area contributed by atoms with E-state index in [0.717, 1.165) is 0 Å². The second-order valence-corrected chi connectivity index (χ2v) is 10.4. The number of carbonyl (C=O) groups excluding carboxylic acids is 3. The number of benzene rings is 2. The number of para-hydroxylation sites is 1. The van der Waals surface area contributed by atoms with Crippen LogP contribution in [-0.2, 0) is 14.6 Å². The Hall–Kier alpha value is -3.20. The van der Waals surface area contributed by atoms with E-state index in [-0.39, 0.29) is 48.2 Å². The van der Waals surface area contributed by atoms with E-state index in [1.54, 1.807) is 53.4 Å². The zero-order chi connectivity index (χ0) is 21.8. The highest BCUT2D eigenvalue weighted by atomic mass is 32.2. The fourth-order valence-electron chi connectivity index (χ4n) is 4.64. The topological polar surface area (TPSA) is 104 Å². The van der Waals surface area contributed by atoms with Crippen molar-refractivity contribution in [1.82, 2.24) is 10.2 Å². The van der Waals surface area contributed by atoms with E-state index in [2.05, 4.69) is 5.32 Å². The number of anilines is 1. The summed E-state index contributed by atoms with van der Waals surface area (Å²) in [6.07, 6.45) is -0.166. The fourth-order valence-corrected chi connectivity index (χ4v) is 6.50. The molecule has 8 nitrogen and oxygen atoms in total. The molecular weight excluding hydrogens is 418 g/mol. The van der Waals surface area contributed by atoms with Gasteiger partial charge in [-0.1, -0.05) is 30.3 Å². The number of hydrogen-bond acceptors (Lipinski definition) is 5. The maximum atomic E-state index is 13.3. The molecule has 160 valence electrons. The Bertz CT molecular complexity index is 1210. The molecule has 1 fully saturated rings. The molecule has 5 rings (SSSR count). The van der Waals surface area contributed by atoms with E-state index in [0.29, 0.717) is 28.8 Å². The number of fused-ring (bicyclic) bond motifs is 5. The summed E-state index contributed by atoms with van der Waals surface area (Å²) in [5.74, 6) is -0.806. The molecule has 1 N–H and O–H groups in total. The van der Waals surface area contributed by atoms with Crippen LogP contribution in [0.15, 0.2) is 48.5 Å². The fraction of sp³-hybridized carbons (Fsp3) is 0.318. The largest absolute Gasteiger partial charge is 0.354 e. The minimum atomic E-state index is -3.02. The maximum Gasteiger partial charge on any atom is 0.260 e. The highest BCUT2D eigenvalue weighted by Gasteiger charge is 2.48. The molecule has 9 heteroatoms. The molecule has 3 aliphatic heterocycles. The van der Waals surface area contributed by atoms with Crippen molar-refractivity contribution >= 4 is 33.2 Å². The van der Waals surface area contributed by atoms with Crippen molar-refractivity contribution in [1.29, 1.82) is 0 Å². The van der Waals surface area contributed by atoms with Crippen molar-refractivity contribution in [3.63, 3.8) is 0 Å². The summed E-state index contributed by atoms with van der Waals surface area (Å²) in [4.78, 5) is 42.1. The van der Waals surface area contributed by atoms with Crippen molar-refractivity contribution in [3.8, 4) is 0 Å². The molecule has 0 aliphatic carbocycles. The van der Waals surface area contributed by atoms with Gasteiger partial charge in [0.25, 0.3) is 11.8 Å². The zero-order valence-electron chi connectivity index (χ0n) is 16.7. The normalized spacial score (nSPS) is 23.4. The highest BCUT2D eigenvalue weighted by molar-refractivity contribution is 7.91. The third kappa shape index (κ3) is 3.29. The summed E-state index contributed by atoms with van der Waals surface area (Å²) >= 11 is 0. The number of carbonyl (C=O) groups is 3. The van der Waals surface area contributed by atoms with E-state index in [4.69, 9.17) is 0 Å². The molecule has 0 bridgehead atoms. The van der Waals surface area contributed by atoms with Gasteiger partial charge < -0.3 is 10.2 Å². The second kappa shape index (κ2) is 7.19. The van der Waals surface area contributed by atoms with Gasteiger partial charge in [-0.15, -0.1) is 0 Å². The van der Waals surface area contributed by atoms with Gasteiger partial charge in [0.05, 0.1) is 22.8 Å². The Labute approximate surface area is 179 Å². The van der Waals surface area contributed by atoms with Gasteiger partial charge >= 0.3 is 0 Å². The van der Waals surface area contributed by atoms with Crippen LogP contribution in [0.3, 0.4) is 0 Å². The van der Waals surface area contributed by atoms with Gasteiger partial charge in [-0.25, -0.2) is 8.42 Å². The monoisotopic (exact) mass is 439 g/mol. The van der Waals surface area contributed by atoms with Gasteiger partial charge in [-0.2, -0.15) is 0 Å². The van der Waals surface area contributed by atoms with Crippen LogP contribution < -0.4 is 10.2 Å². The van der Waals surface area contributed by atoms with Gasteiger partial charge in [0.15, 0.2) is 9.84 Å². The molecular formula is C22H21N3O5S. The van der Waals surface area contributed by atoms with Gasteiger partial charge in [0.2, 0.25) is 5.91 Å². The Morgan fingerprint density at radius 2 is 1.71 bits per heavy atom. The lowest BCUT2D eigenvalue weighted by Crippen LogP contribution is -2.51. The number of nitrogens with one attached hydrogen (secondary N) is 1. The highest BCUT2D eigenvalue weighted by Crippen LogP contribution is 2.44. The molecule has 0 spiro atoms. The predicted octanol–water partition coefficient (Wildman–Crippen LogP) is 1.35. The van der Waals surface area contributed by atoms with Crippen molar-refractivity contribution in [2.75, 3.05) is 29.5 Å². The average Bonchev–Trinajstić information content (AvgIpc) is 3.26. The summed E-state index contributed by atoms with van der Waals surface area (Å²) in [6.45, 7) is 0.0238. The summed E-state index contributed by atoms with van der Waals surface area (Å²) in [7, 11) is -3.02. The number of rotatable bonds is 4. The summed E-state index contributed by atoms with van der Waals surface area (Å²) < 4.78 is 23.3. The first-order chi connectivity index (χ1) is 14.9. The number of nitrogens with zero attached hydrogens (tertiary/aromatic N) is 2. The molecule has 3 amide bonds. The summed E-state index contributed by atoms with van der Waals surface area (Å²) in [6, 6.07) is 14.0. The van der Waals surface area contributed by atoms with Gasteiger partial charge in [-0.05, 0) is 30.5 Å². The first-order valence-corrected chi connectivity index (χ1v) is 12.0. The molecule has 3 heterocycles. The molecule has 2 aromatic carbocycles. The lowest BCUT2D eigenvalue weighted by Gasteiger charge is -2.40. The standard InChI is InChI=1S/C22H21N3O5S/c26-19(23-11-14-9-10-31(29,30)13-14)12-24-20-15-5-1-2-6-16(15)22(28)25(20)18-8-4-3-7-17(18)21(24)27/h1-8,14,20H,9-13H2,(H,23,26)/t14-,20-/m0/s1. The number of amides is 3. The summed E-state index contributed by atoms with van der Waals surface area (Å²) in [5, 5.41) is 2.77. The van der Waals surface area contributed by atoms with E-state index in [1.165, 1.54) is 4.90 Å². The van der Waals surface area contributed by atoms with E-state index in [9.17, 15) is 22.8 Å². The maximum absolute atomic E-state index is 13.3. The lowest BCUT2D eigenvalue weighted by molar-refractivity contribution is -0.122. The van der Waals surface area contributed by atoms with Crippen LogP contribution in [0.5, 0.6) is 0 Å². The number of sulfone groups is 1. The van der Waals surface area contributed by atoms with Gasteiger partial charge in [0, 0.05) is 17.7 Å². The quantitative estimate of drug-likeness (QED) is 0.775. The van der Waals surface area contributed by atoms with Gasteiger partial charge in [-0.3, -0.25) is 19.3 Å². The average molecular weight is 439 g/mol. The molecule has 3 aliphatic rings. The minimum absolute atomic E-state index is 0.0710. The van der Waals surface area contributed by atoms with Crippen LogP contribution in [0.4, 0.5) is 5.69 Å². The lowest BCUT2D eigenvalue weighted by atomic mass is 10.0.